The molecule has 0 radical (unpaired) electrons. The van der Waals surface area contributed by atoms with Crippen LogP contribution in [0.25, 0.3) is 5.65 Å². The number of aromatic nitrogens is 3. The third kappa shape index (κ3) is 2.54. The lowest BCUT2D eigenvalue weighted by atomic mass is 10.2. The molecule has 5 nitrogen and oxygen atoms in total. The molecule has 1 saturated carbocycles. The van der Waals surface area contributed by atoms with E-state index in [2.05, 4.69) is 15.4 Å². The number of fused-ring (bicyclic) bond motifs is 1. The van der Waals surface area contributed by atoms with E-state index in [0.717, 1.165) is 36.7 Å². The second-order valence-corrected chi connectivity index (χ2v) is 5.52. The highest BCUT2D eigenvalue weighted by molar-refractivity contribution is 6.03. The summed E-state index contributed by atoms with van der Waals surface area (Å²) in [6.45, 7) is 0. The molecule has 4 rings (SSSR count). The van der Waals surface area contributed by atoms with Gasteiger partial charge in [0.05, 0.1) is 11.9 Å². The molecule has 1 fully saturated rings. The minimum Gasteiger partial charge on any atom is -0.318 e. The van der Waals surface area contributed by atoms with Gasteiger partial charge < -0.3 is 5.32 Å². The van der Waals surface area contributed by atoms with Crippen molar-refractivity contribution >= 4 is 17.2 Å². The molecule has 7 heteroatoms. The summed E-state index contributed by atoms with van der Waals surface area (Å²) in [6.07, 6.45) is 3.69. The molecule has 0 unspecified atom stereocenters. The zero-order chi connectivity index (χ0) is 16.0. The molecule has 3 aromatic rings. The Balaban J connectivity index is 1.70. The van der Waals surface area contributed by atoms with Crippen LogP contribution in [-0.4, -0.2) is 20.5 Å². The number of carbonyl (C=O) groups excluding carboxylic acids is 1. The Bertz CT molecular complexity index is 918. The van der Waals surface area contributed by atoms with E-state index in [1.807, 2.05) is 0 Å². The maximum atomic E-state index is 13.7. The molecule has 1 aliphatic carbocycles. The maximum absolute atomic E-state index is 13.7. The van der Waals surface area contributed by atoms with Gasteiger partial charge in [-0.15, -0.1) is 0 Å². The SMILES string of the molecule is O=C(Nc1cc(F)ccc1F)c1cc(C2CC2)n2nccc2n1. The van der Waals surface area contributed by atoms with Gasteiger partial charge in [0.15, 0.2) is 5.65 Å². The van der Waals surface area contributed by atoms with Crippen LogP contribution in [0, 0.1) is 11.6 Å². The van der Waals surface area contributed by atoms with Crippen LogP contribution < -0.4 is 5.32 Å². The van der Waals surface area contributed by atoms with Crippen LogP contribution in [0.1, 0.15) is 34.9 Å². The van der Waals surface area contributed by atoms with Gasteiger partial charge in [-0.1, -0.05) is 0 Å². The van der Waals surface area contributed by atoms with E-state index in [0.29, 0.717) is 11.6 Å². The largest absolute Gasteiger partial charge is 0.318 e. The average molecular weight is 314 g/mol. The molecule has 0 bridgehead atoms. The molecule has 2 heterocycles. The molecule has 0 aliphatic heterocycles. The average Bonchev–Trinajstić information content (AvgIpc) is 3.27. The first-order chi connectivity index (χ1) is 11.1. The third-order valence-corrected chi connectivity index (χ3v) is 3.79. The summed E-state index contributed by atoms with van der Waals surface area (Å²) in [6, 6.07) is 6.25. The molecular formula is C16H12F2N4O. The predicted octanol–water partition coefficient (Wildman–Crippen LogP) is 3.14. The van der Waals surface area contributed by atoms with E-state index in [1.165, 1.54) is 0 Å². The van der Waals surface area contributed by atoms with Crippen molar-refractivity contribution in [1.82, 2.24) is 14.6 Å². The molecule has 2 aromatic heterocycles. The molecule has 1 N–H and O–H groups in total. The van der Waals surface area contributed by atoms with Crippen molar-refractivity contribution < 1.29 is 13.6 Å². The number of rotatable bonds is 3. The van der Waals surface area contributed by atoms with Crippen LogP contribution in [0.2, 0.25) is 0 Å². The number of halogens is 2. The molecule has 23 heavy (non-hydrogen) atoms. The van der Waals surface area contributed by atoms with Gasteiger partial charge in [0.25, 0.3) is 5.91 Å². The Morgan fingerprint density at radius 1 is 1.22 bits per heavy atom. The predicted molar refractivity (Wildman–Crippen MR) is 79.3 cm³/mol. The summed E-state index contributed by atoms with van der Waals surface area (Å²) < 4.78 is 28.6. The van der Waals surface area contributed by atoms with Crippen LogP contribution in [0.4, 0.5) is 14.5 Å². The molecule has 0 spiro atoms. The number of amides is 1. The van der Waals surface area contributed by atoms with Crippen molar-refractivity contribution in [2.24, 2.45) is 0 Å². The molecule has 116 valence electrons. The smallest absolute Gasteiger partial charge is 0.274 e. The first-order valence-electron chi connectivity index (χ1n) is 7.23. The Kier molecular flexibility index (Phi) is 3.07. The second kappa shape index (κ2) is 5.12. The third-order valence-electron chi connectivity index (χ3n) is 3.79. The second-order valence-electron chi connectivity index (χ2n) is 5.52. The standard InChI is InChI=1S/C16H12F2N4O/c17-10-3-4-11(18)12(7-10)21-16(23)13-8-14(9-1-2-9)22-15(20-13)5-6-19-22/h3-9H,1-2H2,(H,21,23). The number of nitrogens with zero attached hydrogens (tertiary/aromatic N) is 3. The van der Waals surface area contributed by atoms with Crippen molar-refractivity contribution in [3.05, 3.63) is 59.6 Å². The summed E-state index contributed by atoms with van der Waals surface area (Å²) >= 11 is 0. The van der Waals surface area contributed by atoms with Crippen molar-refractivity contribution in [3.8, 4) is 0 Å². The molecule has 0 saturated heterocycles. The fraction of sp³-hybridized carbons (Fsp3) is 0.188. The van der Waals surface area contributed by atoms with Gasteiger partial charge in [0.1, 0.15) is 17.3 Å². The number of anilines is 1. The number of nitrogens with one attached hydrogen (secondary N) is 1. The topological polar surface area (TPSA) is 59.3 Å². The van der Waals surface area contributed by atoms with Gasteiger partial charge in [-0.05, 0) is 31.0 Å². The van der Waals surface area contributed by atoms with Gasteiger partial charge in [-0.25, -0.2) is 18.3 Å². The maximum Gasteiger partial charge on any atom is 0.274 e. The fourth-order valence-corrected chi connectivity index (χ4v) is 2.50. The van der Waals surface area contributed by atoms with Crippen LogP contribution in [0.5, 0.6) is 0 Å². The van der Waals surface area contributed by atoms with Crippen LogP contribution in [0.15, 0.2) is 36.5 Å². The van der Waals surface area contributed by atoms with Gasteiger partial charge in [0, 0.05) is 23.7 Å². The Morgan fingerprint density at radius 3 is 2.83 bits per heavy atom. The zero-order valence-electron chi connectivity index (χ0n) is 12.0. The molecule has 1 aromatic carbocycles. The van der Waals surface area contributed by atoms with E-state index in [-0.39, 0.29) is 11.4 Å². The fourth-order valence-electron chi connectivity index (χ4n) is 2.50. The van der Waals surface area contributed by atoms with E-state index in [4.69, 9.17) is 0 Å². The van der Waals surface area contributed by atoms with Crippen LogP contribution in [0.3, 0.4) is 0 Å². The van der Waals surface area contributed by atoms with E-state index in [1.54, 1.807) is 22.8 Å². The van der Waals surface area contributed by atoms with Crippen molar-refractivity contribution in [3.63, 3.8) is 0 Å². The highest BCUT2D eigenvalue weighted by atomic mass is 19.1. The lowest BCUT2D eigenvalue weighted by Gasteiger charge is -2.09. The number of carbonyl (C=O) groups is 1. The van der Waals surface area contributed by atoms with E-state index >= 15 is 0 Å². The monoisotopic (exact) mass is 314 g/mol. The van der Waals surface area contributed by atoms with Gasteiger partial charge in [-0.2, -0.15) is 5.10 Å². The number of benzene rings is 1. The zero-order valence-corrected chi connectivity index (χ0v) is 12.0. The van der Waals surface area contributed by atoms with Gasteiger partial charge in [-0.3, -0.25) is 4.79 Å². The summed E-state index contributed by atoms with van der Waals surface area (Å²) in [7, 11) is 0. The highest BCUT2D eigenvalue weighted by Gasteiger charge is 2.28. The summed E-state index contributed by atoms with van der Waals surface area (Å²) in [5.74, 6) is -1.55. The molecule has 0 atom stereocenters. The molecular weight excluding hydrogens is 302 g/mol. The van der Waals surface area contributed by atoms with E-state index in [9.17, 15) is 13.6 Å². The van der Waals surface area contributed by atoms with Crippen molar-refractivity contribution in [2.75, 3.05) is 5.32 Å². The van der Waals surface area contributed by atoms with Crippen LogP contribution in [-0.2, 0) is 0 Å². The number of hydrogen-bond donors (Lipinski definition) is 1. The molecule has 1 aliphatic rings. The van der Waals surface area contributed by atoms with Gasteiger partial charge in [0.2, 0.25) is 0 Å². The lowest BCUT2D eigenvalue weighted by molar-refractivity contribution is 0.102. The molecule has 1 amide bonds. The van der Waals surface area contributed by atoms with Gasteiger partial charge >= 0.3 is 0 Å². The normalized spacial score (nSPS) is 14.2. The van der Waals surface area contributed by atoms with Crippen LogP contribution >= 0.6 is 0 Å². The Morgan fingerprint density at radius 2 is 2.04 bits per heavy atom. The minimum atomic E-state index is -0.701. The summed E-state index contributed by atoms with van der Waals surface area (Å²) in [4.78, 5) is 16.6. The highest BCUT2D eigenvalue weighted by Crippen LogP contribution is 2.40. The van der Waals surface area contributed by atoms with E-state index < -0.39 is 17.5 Å². The van der Waals surface area contributed by atoms with Crippen molar-refractivity contribution in [1.29, 1.82) is 0 Å². The Labute approximate surface area is 130 Å². The first-order valence-corrected chi connectivity index (χ1v) is 7.23. The minimum absolute atomic E-state index is 0.156. The quantitative estimate of drug-likeness (QED) is 0.808. The lowest BCUT2D eigenvalue weighted by Crippen LogP contribution is -2.16. The number of hydrogen-bond acceptors (Lipinski definition) is 3. The Hall–Kier alpha value is -2.83. The summed E-state index contributed by atoms with van der Waals surface area (Å²) in [5.41, 5.74) is 1.41. The first kappa shape index (κ1) is 13.8. The summed E-state index contributed by atoms with van der Waals surface area (Å²) in [5, 5.41) is 6.57. The van der Waals surface area contributed by atoms with Crippen molar-refractivity contribution in [2.45, 2.75) is 18.8 Å².